The maximum atomic E-state index is 13.7. The zero-order valence-corrected chi connectivity index (χ0v) is 25.9. The first-order valence-electron chi connectivity index (χ1n) is 13.7. The molecule has 16 nitrogen and oxygen atoms in total. The van der Waals surface area contributed by atoms with E-state index in [1.54, 1.807) is 0 Å². The lowest BCUT2D eigenvalue weighted by atomic mass is 9.97. The van der Waals surface area contributed by atoms with Crippen molar-refractivity contribution in [2.45, 2.75) is 63.8 Å². The predicted octanol–water partition coefficient (Wildman–Crippen LogP) is 2.92. The van der Waals surface area contributed by atoms with Gasteiger partial charge in [-0.3, -0.25) is 4.79 Å². The van der Waals surface area contributed by atoms with E-state index in [1.807, 2.05) is 13.8 Å². The number of aromatic nitrogens is 2. The standard InChI is InChI=1S/C27H36FN5O11S/c1-17(2)25-23(26(18-7-9-19(28)10-8-18)30-27(29-25)32(3)45(4,40)41)12-11-20(34)14-21(35)15-24(36)42-13-5-6-22(16-43-31-37)44-33(38)39/h7-12,17,20-22,34-35H,5-6,13-16H2,1-4H3/b12-11+/t20-,21?,22?/m1/s1. The van der Waals surface area contributed by atoms with Gasteiger partial charge in [0.05, 0.1) is 42.9 Å². The summed E-state index contributed by atoms with van der Waals surface area (Å²) >= 11 is 0. The molecule has 248 valence electrons. The Hall–Kier alpha value is -4.29. The Morgan fingerprint density at radius 2 is 1.89 bits per heavy atom. The molecule has 1 heterocycles. The van der Waals surface area contributed by atoms with E-state index in [4.69, 9.17) is 4.74 Å². The molecular weight excluding hydrogens is 621 g/mol. The van der Waals surface area contributed by atoms with E-state index in [9.17, 15) is 42.8 Å². The van der Waals surface area contributed by atoms with Crippen molar-refractivity contribution in [1.82, 2.24) is 9.97 Å². The van der Waals surface area contributed by atoms with Crippen LogP contribution in [-0.4, -0.2) is 84.5 Å². The number of esters is 1. The monoisotopic (exact) mass is 657 g/mol. The number of sulfonamides is 1. The summed E-state index contributed by atoms with van der Waals surface area (Å²) in [5.41, 5.74) is 1.63. The average molecular weight is 658 g/mol. The minimum Gasteiger partial charge on any atom is -0.466 e. The zero-order chi connectivity index (χ0) is 33.7. The summed E-state index contributed by atoms with van der Waals surface area (Å²) in [6.07, 6.45) is -0.303. The summed E-state index contributed by atoms with van der Waals surface area (Å²) in [5, 5.41) is 32.5. The van der Waals surface area contributed by atoms with Gasteiger partial charge in [0.25, 0.3) is 5.09 Å². The third-order valence-electron chi connectivity index (χ3n) is 6.29. The Morgan fingerprint density at radius 1 is 1.22 bits per heavy atom. The highest BCUT2D eigenvalue weighted by atomic mass is 32.2. The van der Waals surface area contributed by atoms with E-state index in [1.165, 1.54) is 43.5 Å². The van der Waals surface area contributed by atoms with Crippen LogP contribution < -0.4 is 4.31 Å². The van der Waals surface area contributed by atoms with Crippen LogP contribution in [0.2, 0.25) is 0 Å². The molecule has 0 saturated heterocycles. The summed E-state index contributed by atoms with van der Waals surface area (Å²) in [6.45, 7) is 3.04. The number of hydrogen-bond acceptors (Lipinski definition) is 14. The Bertz CT molecular complexity index is 1440. The molecule has 18 heteroatoms. The lowest BCUT2D eigenvalue weighted by Crippen LogP contribution is -2.27. The second-order valence-corrected chi connectivity index (χ2v) is 12.3. The number of anilines is 1. The quantitative estimate of drug-likeness (QED) is 0.0730. The van der Waals surface area contributed by atoms with Crippen molar-refractivity contribution in [2.24, 2.45) is 5.34 Å². The molecule has 0 aliphatic heterocycles. The molecule has 0 spiro atoms. The van der Waals surface area contributed by atoms with Gasteiger partial charge in [-0.1, -0.05) is 26.0 Å². The summed E-state index contributed by atoms with van der Waals surface area (Å²) in [7, 11) is -2.41. The molecule has 2 aromatic rings. The number of halogens is 1. The number of nitrogens with zero attached hydrogens (tertiary/aromatic N) is 5. The summed E-state index contributed by atoms with van der Waals surface area (Å²) in [5.74, 6) is -1.60. The first-order chi connectivity index (χ1) is 21.1. The maximum absolute atomic E-state index is 13.7. The molecule has 2 rings (SSSR count). The highest BCUT2D eigenvalue weighted by Crippen LogP contribution is 2.31. The van der Waals surface area contributed by atoms with E-state index in [-0.39, 0.29) is 43.4 Å². The molecule has 0 saturated carbocycles. The van der Waals surface area contributed by atoms with Crippen LogP contribution in [0.3, 0.4) is 0 Å². The lowest BCUT2D eigenvalue weighted by molar-refractivity contribution is -0.769. The molecule has 0 radical (unpaired) electrons. The smallest absolute Gasteiger partial charge is 0.308 e. The molecule has 0 bridgehead atoms. The van der Waals surface area contributed by atoms with Crippen molar-refractivity contribution < 1.29 is 47.3 Å². The van der Waals surface area contributed by atoms with Crippen LogP contribution in [0.1, 0.15) is 56.7 Å². The lowest BCUT2D eigenvalue weighted by Gasteiger charge is -2.20. The molecule has 0 aliphatic carbocycles. The summed E-state index contributed by atoms with van der Waals surface area (Å²) < 4.78 is 44.0. The highest BCUT2D eigenvalue weighted by molar-refractivity contribution is 7.92. The minimum atomic E-state index is -3.71. The fourth-order valence-corrected chi connectivity index (χ4v) is 4.37. The van der Waals surface area contributed by atoms with Crippen LogP contribution in [0.25, 0.3) is 17.3 Å². The fraction of sp³-hybridized carbons (Fsp3) is 0.519. The van der Waals surface area contributed by atoms with Gasteiger partial charge in [-0.05, 0) is 43.0 Å². The van der Waals surface area contributed by atoms with Crippen LogP contribution in [0.5, 0.6) is 0 Å². The van der Waals surface area contributed by atoms with Crippen molar-refractivity contribution in [3.05, 3.63) is 62.4 Å². The number of carbonyl (C=O) groups is 1. The molecule has 1 aromatic carbocycles. The average Bonchev–Trinajstić information content (AvgIpc) is 2.95. The maximum Gasteiger partial charge on any atom is 0.308 e. The number of hydrogen-bond donors (Lipinski definition) is 2. The van der Waals surface area contributed by atoms with Gasteiger partial charge < -0.3 is 24.6 Å². The number of aliphatic hydroxyl groups is 2. The van der Waals surface area contributed by atoms with Crippen LogP contribution >= 0.6 is 0 Å². The minimum absolute atomic E-state index is 0.0172. The van der Waals surface area contributed by atoms with Crippen LogP contribution in [0.4, 0.5) is 10.3 Å². The summed E-state index contributed by atoms with van der Waals surface area (Å²) in [4.78, 5) is 50.1. The van der Waals surface area contributed by atoms with E-state index in [0.29, 0.717) is 16.8 Å². The first kappa shape index (κ1) is 36.9. The number of aliphatic hydroxyl groups excluding tert-OH is 2. The van der Waals surface area contributed by atoms with Crippen molar-refractivity contribution in [2.75, 3.05) is 30.8 Å². The SMILES string of the molecule is CC(C)c1nc(N(C)S(C)(=O)=O)nc(-c2ccc(F)cc2)c1/C=C/[C@@H](O)CC(O)CC(=O)OCCCC(CON=O)O[N+](=O)[O-]. The highest BCUT2D eigenvalue weighted by Gasteiger charge is 2.23. The second kappa shape index (κ2) is 17.3. The number of rotatable bonds is 19. The first-order valence-corrected chi connectivity index (χ1v) is 15.5. The largest absolute Gasteiger partial charge is 0.466 e. The molecule has 0 aliphatic rings. The molecule has 3 atom stereocenters. The van der Waals surface area contributed by atoms with Crippen molar-refractivity contribution in [3.8, 4) is 11.3 Å². The Balaban J connectivity index is 2.13. The van der Waals surface area contributed by atoms with Gasteiger partial charge in [0.1, 0.15) is 18.5 Å². The molecule has 0 amide bonds. The normalized spacial score (nSPS) is 13.7. The zero-order valence-electron chi connectivity index (χ0n) is 25.1. The molecule has 2 unspecified atom stereocenters. The van der Waals surface area contributed by atoms with Gasteiger partial charge in [0.15, 0.2) is 5.34 Å². The molecule has 2 N–H and O–H groups in total. The Labute approximate surface area is 258 Å². The van der Waals surface area contributed by atoms with Gasteiger partial charge >= 0.3 is 5.97 Å². The fourth-order valence-electron chi connectivity index (χ4n) is 3.99. The van der Waals surface area contributed by atoms with Crippen molar-refractivity contribution in [3.63, 3.8) is 0 Å². The predicted molar refractivity (Wildman–Crippen MR) is 159 cm³/mol. The second-order valence-electron chi connectivity index (χ2n) is 10.3. The van der Waals surface area contributed by atoms with Crippen LogP contribution in [0.15, 0.2) is 35.7 Å². The van der Waals surface area contributed by atoms with Crippen LogP contribution in [-0.2, 0) is 29.2 Å². The van der Waals surface area contributed by atoms with Crippen LogP contribution in [0, 0.1) is 20.8 Å². The van der Waals surface area contributed by atoms with Crippen molar-refractivity contribution in [1.29, 1.82) is 0 Å². The van der Waals surface area contributed by atoms with Gasteiger partial charge in [-0.2, -0.15) is 0 Å². The van der Waals surface area contributed by atoms with E-state index in [2.05, 4.69) is 25.0 Å². The third kappa shape index (κ3) is 12.3. The number of ether oxygens (including phenoxy) is 1. The molecule has 1 aromatic heterocycles. The van der Waals surface area contributed by atoms with Gasteiger partial charge in [-0.25, -0.2) is 27.1 Å². The van der Waals surface area contributed by atoms with E-state index >= 15 is 0 Å². The van der Waals surface area contributed by atoms with Gasteiger partial charge in [0.2, 0.25) is 16.0 Å². The van der Waals surface area contributed by atoms with Gasteiger partial charge in [-0.15, -0.1) is 15.0 Å². The number of benzene rings is 1. The topological polar surface area (TPSA) is 221 Å². The molecule has 45 heavy (non-hydrogen) atoms. The molecule has 0 fully saturated rings. The third-order valence-corrected chi connectivity index (χ3v) is 7.45. The number of carbonyl (C=O) groups excluding carboxylic acids is 1. The van der Waals surface area contributed by atoms with Crippen molar-refractivity contribution >= 4 is 28.0 Å². The molecular formula is C27H36FN5O11S. The van der Waals surface area contributed by atoms with E-state index < -0.39 is 58.2 Å². The van der Waals surface area contributed by atoms with Gasteiger partial charge in [0, 0.05) is 24.6 Å². The van der Waals surface area contributed by atoms with E-state index in [0.717, 1.165) is 10.6 Å². The Kier molecular flexibility index (Phi) is 14.2. The Morgan fingerprint density at radius 3 is 2.47 bits per heavy atom. The summed E-state index contributed by atoms with van der Waals surface area (Å²) in [6, 6.07) is 5.40.